The summed E-state index contributed by atoms with van der Waals surface area (Å²) < 4.78 is 2.23. The quantitative estimate of drug-likeness (QED) is 0.707. The Balaban J connectivity index is 2.48. The van der Waals surface area contributed by atoms with E-state index in [9.17, 15) is 0 Å². The Labute approximate surface area is 103 Å². The molecule has 1 aromatic heterocycles. The third kappa shape index (κ3) is 4.08. The van der Waals surface area contributed by atoms with Crippen molar-refractivity contribution in [2.45, 2.75) is 39.7 Å². The van der Waals surface area contributed by atoms with E-state index in [4.69, 9.17) is 0 Å². The zero-order chi connectivity index (χ0) is 11.8. The van der Waals surface area contributed by atoms with Gasteiger partial charge in [-0.1, -0.05) is 20.3 Å². The minimum absolute atomic E-state index is 0.511. The number of unbranched alkanes of at least 4 members (excludes halogenated alkanes) is 1. The summed E-state index contributed by atoms with van der Waals surface area (Å²) in [6.45, 7) is 7.66. The lowest BCUT2D eigenvalue weighted by Gasteiger charge is -2.16. The van der Waals surface area contributed by atoms with Gasteiger partial charge >= 0.3 is 0 Å². The second-order valence-corrected chi connectivity index (χ2v) is 5.27. The Morgan fingerprint density at radius 2 is 2.31 bits per heavy atom. The SMILES string of the molecule is CCCCNc1nccn1C(C)CSCC. The first kappa shape index (κ1) is 13.4. The topological polar surface area (TPSA) is 29.9 Å². The van der Waals surface area contributed by atoms with Crippen LogP contribution in [0, 0.1) is 0 Å². The summed E-state index contributed by atoms with van der Waals surface area (Å²) in [5.41, 5.74) is 0. The van der Waals surface area contributed by atoms with Gasteiger partial charge in [-0.25, -0.2) is 4.98 Å². The Morgan fingerprint density at radius 3 is 3.00 bits per heavy atom. The molecule has 0 aromatic carbocycles. The van der Waals surface area contributed by atoms with Crippen molar-refractivity contribution in [3.63, 3.8) is 0 Å². The highest BCUT2D eigenvalue weighted by Crippen LogP contribution is 2.18. The van der Waals surface area contributed by atoms with Crippen molar-refractivity contribution in [3.8, 4) is 0 Å². The molecule has 1 rings (SSSR count). The number of aromatic nitrogens is 2. The van der Waals surface area contributed by atoms with Crippen molar-refractivity contribution in [3.05, 3.63) is 12.4 Å². The monoisotopic (exact) mass is 241 g/mol. The molecule has 0 aliphatic heterocycles. The van der Waals surface area contributed by atoms with E-state index < -0.39 is 0 Å². The van der Waals surface area contributed by atoms with Crippen LogP contribution in [-0.4, -0.2) is 27.6 Å². The highest BCUT2D eigenvalue weighted by atomic mass is 32.2. The number of thioether (sulfide) groups is 1. The Kier molecular flexibility index (Phi) is 6.38. The average Bonchev–Trinajstić information content (AvgIpc) is 2.74. The third-order valence-electron chi connectivity index (χ3n) is 2.52. The lowest BCUT2D eigenvalue weighted by molar-refractivity contribution is 0.612. The van der Waals surface area contributed by atoms with Crippen molar-refractivity contribution in [2.75, 3.05) is 23.4 Å². The number of nitrogens with one attached hydrogen (secondary N) is 1. The largest absolute Gasteiger partial charge is 0.356 e. The lowest BCUT2D eigenvalue weighted by Crippen LogP contribution is -2.13. The molecule has 0 saturated heterocycles. The molecule has 0 bridgehead atoms. The molecule has 16 heavy (non-hydrogen) atoms. The zero-order valence-electron chi connectivity index (χ0n) is 10.6. The van der Waals surface area contributed by atoms with E-state index in [0.717, 1.165) is 18.2 Å². The Hall–Kier alpha value is -0.640. The van der Waals surface area contributed by atoms with Crippen LogP contribution >= 0.6 is 11.8 Å². The van der Waals surface area contributed by atoms with E-state index in [1.54, 1.807) is 0 Å². The summed E-state index contributed by atoms with van der Waals surface area (Å²) in [5.74, 6) is 3.34. The van der Waals surface area contributed by atoms with E-state index in [-0.39, 0.29) is 0 Å². The van der Waals surface area contributed by atoms with Crippen LogP contribution in [0.3, 0.4) is 0 Å². The van der Waals surface area contributed by atoms with Gasteiger partial charge in [-0.05, 0) is 19.1 Å². The van der Waals surface area contributed by atoms with Crippen LogP contribution in [0.4, 0.5) is 5.95 Å². The molecule has 1 unspecified atom stereocenters. The van der Waals surface area contributed by atoms with Gasteiger partial charge in [-0.3, -0.25) is 0 Å². The molecule has 0 amide bonds. The van der Waals surface area contributed by atoms with E-state index in [0.29, 0.717) is 6.04 Å². The predicted octanol–water partition coefficient (Wildman–Crippen LogP) is 3.41. The van der Waals surface area contributed by atoms with Gasteiger partial charge in [0.05, 0.1) is 0 Å². The lowest BCUT2D eigenvalue weighted by atomic mass is 10.3. The molecular weight excluding hydrogens is 218 g/mol. The summed E-state index contributed by atoms with van der Waals surface area (Å²) in [7, 11) is 0. The van der Waals surface area contributed by atoms with Crippen molar-refractivity contribution in [1.29, 1.82) is 0 Å². The summed E-state index contributed by atoms with van der Waals surface area (Å²) >= 11 is 1.98. The highest BCUT2D eigenvalue weighted by Gasteiger charge is 2.08. The molecule has 3 nitrogen and oxygen atoms in total. The van der Waals surface area contributed by atoms with E-state index in [2.05, 4.69) is 41.8 Å². The second kappa shape index (κ2) is 7.60. The molecule has 1 atom stereocenters. The summed E-state index contributed by atoms with van der Waals surface area (Å²) in [5, 5.41) is 3.39. The van der Waals surface area contributed by atoms with Crippen LogP contribution in [0.15, 0.2) is 12.4 Å². The zero-order valence-corrected chi connectivity index (χ0v) is 11.4. The average molecular weight is 241 g/mol. The maximum absolute atomic E-state index is 4.36. The molecule has 0 fully saturated rings. The minimum atomic E-state index is 0.511. The van der Waals surface area contributed by atoms with E-state index in [1.807, 2.05) is 18.0 Å². The molecule has 1 heterocycles. The number of anilines is 1. The summed E-state index contributed by atoms with van der Waals surface area (Å²) in [4.78, 5) is 4.36. The molecular formula is C12H23N3S. The molecule has 4 heteroatoms. The van der Waals surface area contributed by atoms with Gasteiger partial charge < -0.3 is 9.88 Å². The van der Waals surface area contributed by atoms with Crippen LogP contribution in [0.25, 0.3) is 0 Å². The second-order valence-electron chi connectivity index (χ2n) is 3.95. The van der Waals surface area contributed by atoms with Gasteiger partial charge in [0.15, 0.2) is 0 Å². The van der Waals surface area contributed by atoms with Gasteiger partial charge in [0.2, 0.25) is 5.95 Å². The van der Waals surface area contributed by atoms with Crippen molar-refractivity contribution in [1.82, 2.24) is 9.55 Å². The van der Waals surface area contributed by atoms with Gasteiger partial charge in [0, 0.05) is 30.7 Å². The minimum Gasteiger partial charge on any atom is -0.356 e. The van der Waals surface area contributed by atoms with Crippen LogP contribution in [0.2, 0.25) is 0 Å². The highest BCUT2D eigenvalue weighted by molar-refractivity contribution is 7.99. The van der Waals surface area contributed by atoms with Crippen LogP contribution < -0.4 is 5.32 Å². The van der Waals surface area contributed by atoms with E-state index >= 15 is 0 Å². The fourth-order valence-corrected chi connectivity index (χ4v) is 2.29. The standard InChI is InChI=1S/C12H23N3S/c1-4-6-7-13-12-14-8-9-15(12)11(3)10-16-5-2/h8-9,11H,4-7,10H2,1-3H3,(H,13,14). The van der Waals surface area contributed by atoms with Crippen LogP contribution in [-0.2, 0) is 0 Å². The first-order chi connectivity index (χ1) is 7.79. The van der Waals surface area contributed by atoms with Crippen molar-refractivity contribution < 1.29 is 0 Å². The molecule has 0 spiro atoms. The number of hydrogen-bond donors (Lipinski definition) is 1. The third-order valence-corrected chi connectivity index (χ3v) is 3.65. The normalized spacial score (nSPS) is 12.7. The molecule has 0 aliphatic carbocycles. The molecule has 1 N–H and O–H groups in total. The number of rotatable bonds is 8. The van der Waals surface area contributed by atoms with Gasteiger partial charge in [-0.2, -0.15) is 11.8 Å². The smallest absolute Gasteiger partial charge is 0.203 e. The summed E-state index contributed by atoms with van der Waals surface area (Å²) in [6.07, 6.45) is 6.36. The fraction of sp³-hybridized carbons (Fsp3) is 0.750. The van der Waals surface area contributed by atoms with Crippen LogP contribution in [0.1, 0.15) is 39.7 Å². The fourth-order valence-electron chi connectivity index (χ4n) is 1.55. The first-order valence-electron chi connectivity index (χ1n) is 6.14. The maximum atomic E-state index is 4.36. The van der Waals surface area contributed by atoms with E-state index in [1.165, 1.54) is 18.6 Å². The molecule has 1 aromatic rings. The Morgan fingerprint density at radius 1 is 1.50 bits per heavy atom. The molecule has 0 saturated carbocycles. The number of hydrogen-bond acceptors (Lipinski definition) is 3. The number of nitrogens with zero attached hydrogens (tertiary/aromatic N) is 2. The molecule has 92 valence electrons. The van der Waals surface area contributed by atoms with Gasteiger partial charge in [0.25, 0.3) is 0 Å². The maximum Gasteiger partial charge on any atom is 0.203 e. The predicted molar refractivity (Wildman–Crippen MR) is 73.3 cm³/mol. The summed E-state index contributed by atoms with van der Waals surface area (Å²) in [6, 6.07) is 0.511. The van der Waals surface area contributed by atoms with Gasteiger partial charge in [-0.15, -0.1) is 0 Å². The Bertz CT molecular complexity index is 286. The van der Waals surface area contributed by atoms with Crippen molar-refractivity contribution >= 4 is 17.7 Å². The molecule has 0 aliphatic rings. The number of imidazole rings is 1. The molecule has 0 radical (unpaired) electrons. The first-order valence-corrected chi connectivity index (χ1v) is 7.29. The van der Waals surface area contributed by atoms with Crippen LogP contribution in [0.5, 0.6) is 0 Å². The van der Waals surface area contributed by atoms with Gasteiger partial charge in [0.1, 0.15) is 0 Å². The van der Waals surface area contributed by atoms with Crippen molar-refractivity contribution in [2.24, 2.45) is 0 Å².